The summed E-state index contributed by atoms with van der Waals surface area (Å²) in [6.45, 7) is 12.9. The minimum absolute atomic E-state index is 0.0184. The van der Waals surface area contributed by atoms with Crippen molar-refractivity contribution in [3.63, 3.8) is 0 Å². The summed E-state index contributed by atoms with van der Waals surface area (Å²) in [6, 6.07) is -2.28. The summed E-state index contributed by atoms with van der Waals surface area (Å²) in [5.74, 6) is -1.18. The number of hydrogen-bond acceptors (Lipinski definition) is 5. The molecule has 2 aliphatic carbocycles. The maximum Gasteiger partial charge on any atom is 0.245 e. The fourth-order valence-electron chi connectivity index (χ4n) is 6.33. The van der Waals surface area contributed by atoms with E-state index in [4.69, 9.17) is 0 Å². The summed E-state index contributed by atoms with van der Waals surface area (Å²) in [5.41, 5.74) is -0.0925. The molecule has 4 fully saturated rings. The van der Waals surface area contributed by atoms with Gasteiger partial charge in [0, 0.05) is 24.9 Å². The molecule has 0 bridgehead atoms. The van der Waals surface area contributed by atoms with Gasteiger partial charge in [-0.2, -0.15) is 0 Å². The number of piperidine rings is 2. The number of hydrogen-bond donors (Lipinski definition) is 3. The lowest BCUT2D eigenvalue weighted by atomic mass is 9.89. The maximum absolute atomic E-state index is 13.8. The molecule has 0 aromatic heterocycles. The van der Waals surface area contributed by atoms with Gasteiger partial charge >= 0.3 is 0 Å². The summed E-state index contributed by atoms with van der Waals surface area (Å²) in [4.78, 5) is 66.7. The first-order valence-corrected chi connectivity index (χ1v) is 13.8. The van der Waals surface area contributed by atoms with Gasteiger partial charge in [-0.1, -0.05) is 34.3 Å². The van der Waals surface area contributed by atoms with E-state index in [1.807, 2.05) is 13.8 Å². The van der Waals surface area contributed by atoms with Gasteiger partial charge in [-0.3, -0.25) is 24.0 Å². The number of nitrogens with zero attached hydrogens (tertiary/aromatic N) is 1. The number of rotatable bonds is 11. The predicted molar refractivity (Wildman–Crippen MR) is 138 cm³/mol. The summed E-state index contributed by atoms with van der Waals surface area (Å²) in [7, 11) is 0. The quantitative estimate of drug-likeness (QED) is 0.361. The third-order valence-electron chi connectivity index (χ3n) is 8.81. The topological polar surface area (TPSA) is 125 Å². The van der Waals surface area contributed by atoms with Gasteiger partial charge in [0.15, 0.2) is 5.78 Å². The second kappa shape index (κ2) is 10.6. The highest BCUT2D eigenvalue weighted by Gasteiger charge is 2.69. The van der Waals surface area contributed by atoms with Gasteiger partial charge in [-0.25, -0.2) is 0 Å². The van der Waals surface area contributed by atoms with Crippen molar-refractivity contribution in [3.8, 4) is 0 Å². The number of likely N-dealkylation sites (tertiary alicyclic amines) is 1. The first kappa shape index (κ1) is 27.3. The molecule has 0 spiro atoms. The van der Waals surface area contributed by atoms with Gasteiger partial charge < -0.3 is 20.9 Å². The van der Waals surface area contributed by atoms with Crippen LogP contribution in [-0.2, 0) is 24.0 Å². The molecule has 2 saturated carbocycles. The first-order chi connectivity index (χ1) is 17.4. The first-order valence-electron chi connectivity index (χ1n) is 13.8. The normalized spacial score (nSPS) is 29.5. The Morgan fingerprint density at radius 1 is 1.11 bits per heavy atom. The Morgan fingerprint density at radius 2 is 1.78 bits per heavy atom. The predicted octanol–water partition coefficient (Wildman–Crippen LogP) is 1.57. The second-order valence-corrected chi connectivity index (χ2v) is 12.4. The fraction of sp³-hybridized carbons (Fsp3) is 0.750. The minimum atomic E-state index is -0.877. The van der Waals surface area contributed by atoms with Crippen molar-refractivity contribution in [1.82, 2.24) is 20.9 Å². The van der Waals surface area contributed by atoms with Crippen molar-refractivity contribution in [1.29, 1.82) is 0 Å². The number of fused-ring (bicyclic) bond motifs is 1. The van der Waals surface area contributed by atoms with Gasteiger partial charge in [-0.15, -0.1) is 0 Å². The van der Waals surface area contributed by atoms with E-state index in [1.54, 1.807) is 4.90 Å². The smallest absolute Gasteiger partial charge is 0.245 e. The van der Waals surface area contributed by atoms with Crippen molar-refractivity contribution in [2.75, 3.05) is 13.1 Å². The summed E-state index contributed by atoms with van der Waals surface area (Å²) >= 11 is 0. The number of amides is 4. The van der Waals surface area contributed by atoms with Crippen LogP contribution < -0.4 is 16.0 Å². The third-order valence-corrected chi connectivity index (χ3v) is 8.81. The average Bonchev–Trinajstić information content (AvgIpc) is 3.72. The number of carbonyl (C=O) groups is 5. The van der Waals surface area contributed by atoms with Gasteiger partial charge in [0.25, 0.3) is 0 Å². The Kier molecular flexibility index (Phi) is 7.81. The lowest BCUT2D eigenvalue weighted by molar-refractivity contribution is -0.144. The van der Waals surface area contributed by atoms with Crippen LogP contribution in [0, 0.1) is 35.0 Å². The monoisotopic (exact) mass is 514 g/mol. The molecule has 4 aliphatic rings. The maximum atomic E-state index is 13.8. The Hall–Kier alpha value is -2.71. The van der Waals surface area contributed by atoms with Crippen LogP contribution in [0.25, 0.3) is 0 Å². The van der Waals surface area contributed by atoms with E-state index < -0.39 is 18.1 Å². The van der Waals surface area contributed by atoms with E-state index in [0.29, 0.717) is 25.9 Å². The van der Waals surface area contributed by atoms with E-state index in [9.17, 15) is 24.0 Å². The van der Waals surface area contributed by atoms with Gasteiger partial charge in [0.05, 0.1) is 6.04 Å². The highest BCUT2D eigenvalue weighted by Crippen LogP contribution is 2.65. The van der Waals surface area contributed by atoms with Crippen molar-refractivity contribution in [2.45, 2.75) is 84.3 Å². The van der Waals surface area contributed by atoms with Crippen molar-refractivity contribution >= 4 is 29.4 Å². The van der Waals surface area contributed by atoms with E-state index >= 15 is 0 Å². The molecule has 0 unspecified atom stereocenters. The second-order valence-electron chi connectivity index (χ2n) is 12.4. The molecule has 2 saturated heterocycles. The zero-order valence-electron chi connectivity index (χ0n) is 22.5. The van der Waals surface area contributed by atoms with Crippen LogP contribution in [0.2, 0.25) is 0 Å². The van der Waals surface area contributed by atoms with Gasteiger partial charge in [0.2, 0.25) is 23.6 Å². The van der Waals surface area contributed by atoms with Crippen molar-refractivity contribution in [3.05, 3.63) is 12.7 Å². The molecule has 9 heteroatoms. The van der Waals surface area contributed by atoms with Crippen LogP contribution in [0.1, 0.15) is 66.2 Å². The Labute approximate surface area is 219 Å². The Bertz CT molecular complexity index is 972. The number of nitrogens with one attached hydrogen (secondary N) is 3. The number of carbonyl (C=O) groups excluding carboxylic acids is 5. The lowest BCUT2D eigenvalue weighted by Crippen LogP contribution is -2.58. The molecule has 4 amide bonds. The van der Waals surface area contributed by atoms with E-state index in [0.717, 1.165) is 19.3 Å². The van der Waals surface area contributed by atoms with Crippen LogP contribution in [0.4, 0.5) is 0 Å². The van der Waals surface area contributed by atoms with E-state index in [1.165, 1.54) is 6.08 Å². The zero-order valence-corrected chi connectivity index (χ0v) is 22.5. The van der Waals surface area contributed by atoms with Crippen LogP contribution in [0.5, 0.6) is 0 Å². The molecule has 2 heterocycles. The summed E-state index contributed by atoms with van der Waals surface area (Å²) < 4.78 is 0. The number of ketones is 1. The summed E-state index contributed by atoms with van der Waals surface area (Å²) in [5, 5.41) is 8.66. The van der Waals surface area contributed by atoms with Crippen LogP contribution in [0.15, 0.2) is 12.7 Å². The third kappa shape index (κ3) is 5.75. The highest BCUT2D eigenvalue weighted by atomic mass is 16.2. The molecular weight excluding hydrogens is 472 g/mol. The molecule has 0 aromatic carbocycles. The molecule has 37 heavy (non-hydrogen) atoms. The van der Waals surface area contributed by atoms with Gasteiger partial charge in [-0.05, 0) is 67.8 Å². The minimum Gasteiger partial charge on any atom is -0.356 e. The zero-order chi connectivity index (χ0) is 27.1. The lowest BCUT2D eigenvalue weighted by Gasteiger charge is -2.34. The molecule has 0 radical (unpaired) electrons. The molecule has 9 nitrogen and oxygen atoms in total. The van der Waals surface area contributed by atoms with Gasteiger partial charge in [0.1, 0.15) is 12.1 Å². The Balaban J connectivity index is 1.52. The van der Waals surface area contributed by atoms with E-state index in [-0.39, 0.29) is 70.8 Å². The Morgan fingerprint density at radius 3 is 2.38 bits per heavy atom. The molecule has 6 atom stereocenters. The molecule has 0 aromatic rings. The fourth-order valence-corrected chi connectivity index (χ4v) is 6.33. The van der Waals surface area contributed by atoms with Crippen molar-refractivity contribution < 1.29 is 24.0 Å². The standard InChI is InChI=1S/C28H42N4O5/c1-6-21(33)19(13-17-8-7-11-29-24(17)34)30-26(36)23-22-18(28(22,4)5)14-32(23)27(37)20(12-15(2)3)31-25(35)16-9-10-16/h6,15-20,22-23H,1,7-14H2,2-5H3,(H,29,34)(H,30,36)(H,31,35)/t17-,18-,19-,20-,22-,23-/m0/s1. The van der Waals surface area contributed by atoms with Crippen LogP contribution >= 0.6 is 0 Å². The molecular formula is C28H42N4O5. The molecule has 4 rings (SSSR count). The van der Waals surface area contributed by atoms with E-state index in [2.05, 4.69) is 36.4 Å². The summed E-state index contributed by atoms with van der Waals surface area (Å²) in [6.07, 6.45) is 5.05. The molecule has 2 aliphatic heterocycles. The highest BCUT2D eigenvalue weighted by molar-refractivity contribution is 5.99. The SMILES string of the molecule is C=CC(=O)[C@H](C[C@@H]1CCCNC1=O)NC(=O)[C@@H]1[C@@H]2[C@H](CN1C(=O)[C@H](CC(C)C)NC(=O)C1CC1)C2(C)C. The average molecular weight is 515 g/mol. The van der Waals surface area contributed by atoms with Crippen LogP contribution in [0.3, 0.4) is 0 Å². The molecule has 204 valence electrons. The largest absolute Gasteiger partial charge is 0.356 e. The molecule has 3 N–H and O–H groups in total. The van der Waals surface area contributed by atoms with Crippen LogP contribution in [-0.4, -0.2) is 65.5 Å². The van der Waals surface area contributed by atoms with Crippen molar-refractivity contribution in [2.24, 2.45) is 35.0 Å².